The molecule has 0 heterocycles. The lowest BCUT2D eigenvalue weighted by molar-refractivity contribution is -0.139. The van der Waals surface area contributed by atoms with Crippen LogP contribution in [0.3, 0.4) is 0 Å². The number of hydrogen-bond acceptors (Lipinski definition) is 5. The van der Waals surface area contributed by atoms with Gasteiger partial charge in [-0.1, -0.05) is 6.58 Å². The van der Waals surface area contributed by atoms with E-state index in [0.717, 1.165) is 31.0 Å². The van der Waals surface area contributed by atoms with Crippen molar-refractivity contribution >= 4 is 16.1 Å². The molecule has 10 heteroatoms. The Morgan fingerprint density at radius 3 is 2.39 bits per heavy atom. The lowest BCUT2D eigenvalue weighted by Crippen LogP contribution is -2.34. The van der Waals surface area contributed by atoms with E-state index in [-0.39, 0.29) is 5.56 Å². The van der Waals surface area contributed by atoms with E-state index in [0.29, 0.717) is 18.4 Å². The van der Waals surface area contributed by atoms with Crippen molar-refractivity contribution in [3.63, 3.8) is 0 Å². The monoisotopic (exact) mass is 422 g/mol. The number of hydrogen-bond donors (Lipinski definition) is 1. The van der Waals surface area contributed by atoms with Gasteiger partial charge in [0, 0.05) is 0 Å². The zero-order chi connectivity index (χ0) is 21.2. The van der Waals surface area contributed by atoms with Crippen LogP contribution in [0, 0.1) is 0 Å². The van der Waals surface area contributed by atoms with Gasteiger partial charge in [0.05, 0.1) is 11.1 Å². The van der Waals surface area contributed by atoms with Gasteiger partial charge in [0.25, 0.3) is 10.1 Å². The van der Waals surface area contributed by atoms with Crippen molar-refractivity contribution in [1.29, 1.82) is 0 Å². The minimum atomic E-state index is -4.70. The average molecular weight is 422 g/mol. The maximum atomic E-state index is 13.4. The summed E-state index contributed by atoms with van der Waals surface area (Å²) in [5.41, 5.74) is -1.60. The van der Waals surface area contributed by atoms with Crippen LogP contribution in [0.2, 0.25) is 0 Å². The molecule has 2 rings (SSSR count). The van der Waals surface area contributed by atoms with Crippen LogP contribution in [0.5, 0.6) is 5.75 Å². The first kappa shape index (κ1) is 22.2. The van der Waals surface area contributed by atoms with Crippen LogP contribution in [0.1, 0.15) is 48.5 Å². The molecule has 0 amide bonds. The molecule has 1 N–H and O–H groups in total. The summed E-state index contributed by atoms with van der Waals surface area (Å²) in [5, 5.41) is 0. The Balaban J connectivity index is 2.32. The van der Waals surface area contributed by atoms with Gasteiger partial charge in [-0.05, 0) is 56.4 Å². The van der Waals surface area contributed by atoms with Gasteiger partial charge in [-0.15, -0.1) is 0 Å². The zero-order valence-corrected chi connectivity index (χ0v) is 16.0. The van der Waals surface area contributed by atoms with Crippen LogP contribution in [0.15, 0.2) is 30.4 Å². The van der Waals surface area contributed by atoms with E-state index >= 15 is 0 Å². The van der Waals surface area contributed by atoms with E-state index < -0.39 is 51.5 Å². The molecule has 1 saturated carbocycles. The van der Waals surface area contributed by atoms with E-state index in [1.807, 2.05) is 0 Å². The standard InChI is InChI=1S/C18H21F3O6S/c1-12(2)17(7-3-4-8-17)27-15-11-13(5-6-14(15)18(19,20)21)16(22)26-9-10-28(23,24)25/h5-6,11H,1,3-4,7-10H2,2H3,(H,23,24,25). The Bertz CT molecular complexity index is 855. The summed E-state index contributed by atoms with van der Waals surface area (Å²) >= 11 is 0. The SMILES string of the molecule is C=C(C)C1(Oc2cc(C(=O)OCCS(=O)(=O)O)ccc2C(F)(F)F)CCCC1. The summed E-state index contributed by atoms with van der Waals surface area (Å²) in [6.07, 6.45) is -2.10. The molecule has 1 aromatic carbocycles. The van der Waals surface area contributed by atoms with Crippen LogP contribution in [-0.4, -0.2) is 36.9 Å². The van der Waals surface area contributed by atoms with Gasteiger partial charge in [-0.25, -0.2) is 4.79 Å². The van der Waals surface area contributed by atoms with Crippen molar-refractivity contribution in [2.75, 3.05) is 12.4 Å². The highest BCUT2D eigenvalue weighted by Crippen LogP contribution is 2.43. The smallest absolute Gasteiger partial charge is 0.419 e. The first-order chi connectivity index (χ1) is 12.8. The number of carbonyl (C=O) groups is 1. The van der Waals surface area contributed by atoms with Gasteiger partial charge in [0.15, 0.2) is 0 Å². The molecule has 0 aliphatic heterocycles. The van der Waals surface area contributed by atoms with Crippen molar-refractivity contribution in [3.05, 3.63) is 41.5 Å². The summed E-state index contributed by atoms with van der Waals surface area (Å²) in [6.45, 7) is 4.89. The van der Waals surface area contributed by atoms with Gasteiger partial charge in [0.1, 0.15) is 23.7 Å². The van der Waals surface area contributed by atoms with Gasteiger partial charge in [-0.3, -0.25) is 4.55 Å². The van der Waals surface area contributed by atoms with Gasteiger partial charge in [0.2, 0.25) is 0 Å². The number of esters is 1. The van der Waals surface area contributed by atoms with Crippen LogP contribution in [-0.2, 0) is 21.0 Å². The number of carbonyl (C=O) groups excluding carboxylic acids is 1. The molecular weight excluding hydrogens is 401 g/mol. The minimum absolute atomic E-state index is 0.229. The summed E-state index contributed by atoms with van der Waals surface area (Å²) in [7, 11) is -4.33. The maximum absolute atomic E-state index is 13.4. The molecule has 0 spiro atoms. The van der Waals surface area contributed by atoms with Gasteiger partial charge < -0.3 is 9.47 Å². The maximum Gasteiger partial charge on any atom is 0.419 e. The summed E-state index contributed by atoms with van der Waals surface area (Å²) in [6, 6.07) is 2.57. The van der Waals surface area contributed by atoms with Gasteiger partial charge >= 0.3 is 12.1 Å². The third-order valence-corrected chi connectivity index (χ3v) is 5.27. The van der Waals surface area contributed by atoms with Crippen LogP contribution in [0.4, 0.5) is 13.2 Å². The third-order valence-electron chi connectivity index (χ3n) is 4.59. The fourth-order valence-corrected chi connectivity index (χ4v) is 3.36. The lowest BCUT2D eigenvalue weighted by Gasteiger charge is -2.32. The summed E-state index contributed by atoms with van der Waals surface area (Å²) in [4.78, 5) is 12.0. The highest BCUT2D eigenvalue weighted by molar-refractivity contribution is 7.85. The Hall–Kier alpha value is -2.07. The van der Waals surface area contributed by atoms with E-state index in [9.17, 15) is 26.4 Å². The van der Waals surface area contributed by atoms with Crippen molar-refractivity contribution < 1.29 is 40.4 Å². The Labute approximate surface area is 161 Å². The second-order valence-electron chi connectivity index (χ2n) is 6.71. The second kappa shape index (κ2) is 8.12. The van der Waals surface area contributed by atoms with Crippen LogP contribution >= 0.6 is 0 Å². The molecule has 1 aromatic rings. The number of alkyl halides is 3. The molecule has 1 fully saturated rings. The molecule has 0 unspecified atom stereocenters. The van der Waals surface area contributed by atoms with Crippen molar-refractivity contribution in [2.24, 2.45) is 0 Å². The number of benzene rings is 1. The molecule has 1 aliphatic rings. The number of ether oxygens (including phenoxy) is 2. The zero-order valence-electron chi connectivity index (χ0n) is 15.2. The topological polar surface area (TPSA) is 89.9 Å². The minimum Gasteiger partial charge on any atom is -0.482 e. The van der Waals surface area contributed by atoms with Gasteiger partial charge in [-0.2, -0.15) is 21.6 Å². The molecular formula is C18H21F3O6S. The predicted octanol–water partition coefficient (Wildman–Crippen LogP) is 4.02. The third kappa shape index (κ3) is 5.48. The highest BCUT2D eigenvalue weighted by Gasteiger charge is 2.41. The van der Waals surface area contributed by atoms with E-state index in [2.05, 4.69) is 6.58 Å². The molecule has 28 heavy (non-hydrogen) atoms. The Morgan fingerprint density at radius 2 is 1.89 bits per heavy atom. The van der Waals surface area contributed by atoms with Crippen molar-refractivity contribution in [1.82, 2.24) is 0 Å². The van der Waals surface area contributed by atoms with Crippen molar-refractivity contribution in [2.45, 2.75) is 44.4 Å². The summed E-state index contributed by atoms with van der Waals surface area (Å²) < 4.78 is 80.6. The van der Waals surface area contributed by atoms with Crippen LogP contribution < -0.4 is 4.74 Å². The first-order valence-corrected chi connectivity index (χ1v) is 10.1. The average Bonchev–Trinajstić information content (AvgIpc) is 3.02. The molecule has 6 nitrogen and oxygen atoms in total. The molecule has 0 aromatic heterocycles. The molecule has 0 radical (unpaired) electrons. The highest BCUT2D eigenvalue weighted by atomic mass is 32.2. The van der Waals surface area contributed by atoms with E-state index in [1.165, 1.54) is 0 Å². The lowest BCUT2D eigenvalue weighted by atomic mass is 9.93. The Morgan fingerprint density at radius 1 is 1.29 bits per heavy atom. The molecule has 1 aliphatic carbocycles. The molecule has 0 atom stereocenters. The van der Waals surface area contributed by atoms with E-state index in [4.69, 9.17) is 14.0 Å². The van der Waals surface area contributed by atoms with Crippen LogP contribution in [0.25, 0.3) is 0 Å². The first-order valence-electron chi connectivity index (χ1n) is 8.53. The quantitative estimate of drug-likeness (QED) is 0.406. The Kier molecular flexibility index (Phi) is 6.44. The number of rotatable bonds is 7. The summed E-state index contributed by atoms with van der Waals surface area (Å²) in [5.74, 6) is -2.36. The predicted molar refractivity (Wildman–Crippen MR) is 94.8 cm³/mol. The van der Waals surface area contributed by atoms with E-state index in [1.54, 1.807) is 6.92 Å². The normalized spacial score (nSPS) is 16.6. The fraction of sp³-hybridized carbons (Fsp3) is 0.500. The fourth-order valence-electron chi connectivity index (χ4n) is 3.06. The number of halogens is 3. The largest absolute Gasteiger partial charge is 0.482 e. The molecule has 0 bridgehead atoms. The van der Waals surface area contributed by atoms with Crippen molar-refractivity contribution in [3.8, 4) is 5.75 Å². The molecule has 156 valence electrons. The second-order valence-corrected chi connectivity index (χ2v) is 8.29. The molecule has 0 saturated heterocycles.